The maximum absolute atomic E-state index is 11.6. The summed E-state index contributed by atoms with van der Waals surface area (Å²) in [6, 6.07) is 5.67. The summed E-state index contributed by atoms with van der Waals surface area (Å²) in [5, 5.41) is 8.89. The van der Waals surface area contributed by atoms with Crippen molar-refractivity contribution in [1.29, 1.82) is 5.26 Å². The Morgan fingerprint density at radius 3 is 2.87 bits per heavy atom. The summed E-state index contributed by atoms with van der Waals surface area (Å²) >= 11 is 0. The number of carbonyl (C=O) groups excluding carboxylic acids is 1. The smallest absolute Gasteiger partial charge is 0.239 e. The van der Waals surface area contributed by atoms with Gasteiger partial charge in [-0.2, -0.15) is 5.26 Å². The van der Waals surface area contributed by atoms with Crippen molar-refractivity contribution in [3.05, 3.63) is 30.1 Å². The molecule has 0 aliphatic heterocycles. The van der Waals surface area contributed by atoms with Crippen molar-refractivity contribution in [3.63, 3.8) is 0 Å². The normalized spacial score (nSPS) is 11.5. The van der Waals surface area contributed by atoms with Gasteiger partial charge in [-0.1, -0.05) is 6.07 Å². The molecular weight excluding hydrogens is 190 g/mol. The molecule has 0 aliphatic rings. The number of carbonyl (C=O) groups is 1. The molecular formula is C11H13N3O. The highest BCUT2D eigenvalue weighted by Gasteiger charge is 2.19. The highest BCUT2D eigenvalue weighted by Crippen LogP contribution is 2.08. The van der Waals surface area contributed by atoms with E-state index in [2.05, 4.69) is 4.98 Å². The average molecular weight is 203 g/mol. The molecule has 0 aromatic carbocycles. The first-order valence-electron chi connectivity index (χ1n) is 4.65. The maximum Gasteiger partial charge on any atom is 0.239 e. The molecule has 1 aromatic heterocycles. The first kappa shape index (κ1) is 11.2. The summed E-state index contributed by atoms with van der Waals surface area (Å²) in [7, 11) is 3.30. The van der Waals surface area contributed by atoms with E-state index in [1.165, 1.54) is 4.90 Å². The highest BCUT2D eigenvalue weighted by molar-refractivity contribution is 5.81. The van der Waals surface area contributed by atoms with Crippen LogP contribution >= 0.6 is 0 Å². The molecule has 1 heterocycles. The molecule has 1 amide bonds. The lowest BCUT2D eigenvalue weighted by molar-refractivity contribution is -0.131. The van der Waals surface area contributed by atoms with Crippen molar-refractivity contribution >= 4 is 5.91 Å². The first-order valence-corrected chi connectivity index (χ1v) is 4.65. The molecule has 1 unspecified atom stereocenters. The fourth-order valence-electron chi connectivity index (χ4n) is 1.25. The molecule has 0 saturated carbocycles. The number of rotatable bonds is 3. The number of nitriles is 1. The minimum absolute atomic E-state index is 0.165. The van der Waals surface area contributed by atoms with Crippen LogP contribution in [-0.2, 0) is 11.2 Å². The molecule has 0 saturated heterocycles. The predicted octanol–water partition coefficient (Wildman–Crippen LogP) is 0.852. The topological polar surface area (TPSA) is 57.0 Å². The van der Waals surface area contributed by atoms with Crippen molar-refractivity contribution < 1.29 is 4.79 Å². The van der Waals surface area contributed by atoms with E-state index in [-0.39, 0.29) is 5.91 Å². The average Bonchev–Trinajstić information content (AvgIpc) is 2.26. The number of hydrogen-bond acceptors (Lipinski definition) is 3. The van der Waals surface area contributed by atoms with E-state index < -0.39 is 5.92 Å². The zero-order valence-corrected chi connectivity index (χ0v) is 8.84. The molecule has 1 rings (SSSR count). The minimum Gasteiger partial charge on any atom is -0.348 e. The number of nitrogens with zero attached hydrogens (tertiary/aromatic N) is 3. The lowest BCUT2D eigenvalue weighted by Crippen LogP contribution is -2.30. The van der Waals surface area contributed by atoms with E-state index in [1.807, 2.05) is 12.1 Å². The monoisotopic (exact) mass is 203 g/mol. The van der Waals surface area contributed by atoms with Crippen LogP contribution in [0.15, 0.2) is 24.5 Å². The van der Waals surface area contributed by atoms with Gasteiger partial charge in [0.05, 0.1) is 6.07 Å². The Morgan fingerprint density at radius 1 is 1.67 bits per heavy atom. The van der Waals surface area contributed by atoms with Crippen molar-refractivity contribution in [2.45, 2.75) is 6.42 Å². The number of hydrogen-bond donors (Lipinski definition) is 0. The molecule has 0 spiro atoms. The lowest BCUT2D eigenvalue weighted by atomic mass is 10.0. The second kappa shape index (κ2) is 5.11. The van der Waals surface area contributed by atoms with Gasteiger partial charge in [0, 0.05) is 26.5 Å². The van der Waals surface area contributed by atoms with E-state index in [1.54, 1.807) is 32.6 Å². The van der Waals surface area contributed by atoms with E-state index in [0.717, 1.165) is 5.56 Å². The predicted molar refractivity (Wildman–Crippen MR) is 55.7 cm³/mol. The van der Waals surface area contributed by atoms with E-state index in [4.69, 9.17) is 5.26 Å². The van der Waals surface area contributed by atoms with Crippen LogP contribution < -0.4 is 0 Å². The Hall–Kier alpha value is -1.89. The van der Waals surface area contributed by atoms with Gasteiger partial charge >= 0.3 is 0 Å². The van der Waals surface area contributed by atoms with Gasteiger partial charge in [-0.15, -0.1) is 0 Å². The zero-order valence-electron chi connectivity index (χ0n) is 8.84. The van der Waals surface area contributed by atoms with Crippen LogP contribution in [0.5, 0.6) is 0 Å². The van der Waals surface area contributed by atoms with Crippen LogP contribution in [-0.4, -0.2) is 29.9 Å². The Balaban J connectivity index is 2.72. The van der Waals surface area contributed by atoms with Gasteiger partial charge in [0.2, 0.25) is 5.91 Å². The third kappa shape index (κ3) is 3.06. The second-order valence-corrected chi connectivity index (χ2v) is 3.48. The summed E-state index contributed by atoms with van der Waals surface area (Å²) in [6.07, 6.45) is 3.76. The van der Waals surface area contributed by atoms with Gasteiger partial charge in [-0.05, 0) is 18.1 Å². The summed E-state index contributed by atoms with van der Waals surface area (Å²) in [5.74, 6) is -0.787. The second-order valence-electron chi connectivity index (χ2n) is 3.48. The van der Waals surface area contributed by atoms with Gasteiger partial charge in [0.25, 0.3) is 0 Å². The Kier molecular flexibility index (Phi) is 3.81. The molecule has 4 heteroatoms. The Labute approximate surface area is 89.2 Å². The van der Waals surface area contributed by atoms with Gasteiger partial charge < -0.3 is 4.90 Å². The molecule has 0 radical (unpaired) electrons. The van der Waals surface area contributed by atoms with Crippen LogP contribution in [0.2, 0.25) is 0 Å². The van der Waals surface area contributed by atoms with Crippen LogP contribution in [0.3, 0.4) is 0 Å². The SMILES string of the molecule is CN(C)C(=O)C(C#N)Cc1cccnc1. The maximum atomic E-state index is 11.6. The third-order valence-corrected chi connectivity index (χ3v) is 2.06. The van der Waals surface area contributed by atoms with Gasteiger partial charge in [-0.25, -0.2) is 0 Å². The summed E-state index contributed by atoms with van der Waals surface area (Å²) in [6.45, 7) is 0. The van der Waals surface area contributed by atoms with Crippen molar-refractivity contribution in [2.75, 3.05) is 14.1 Å². The third-order valence-electron chi connectivity index (χ3n) is 2.06. The van der Waals surface area contributed by atoms with E-state index in [0.29, 0.717) is 6.42 Å². The fourth-order valence-corrected chi connectivity index (χ4v) is 1.25. The largest absolute Gasteiger partial charge is 0.348 e. The molecule has 1 aromatic rings. The molecule has 0 N–H and O–H groups in total. The lowest BCUT2D eigenvalue weighted by Gasteiger charge is -2.14. The van der Waals surface area contributed by atoms with Gasteiger partial charge in [0.15, 0.2) is 0 Å². The highest BCUT2D eigenvalue weighted by atomic mass is 16.2. The van der Waals surface area contributed by atoms with Crippen LogP contribution in [0, 0.1) is 17.2 Å². The van der Waals surface area contributed by atoms with Gasteiger partial charge in [-0.3, -0.25) is 9.78 Å². The summed E-state index contributed by atoms with van der Waals surface area (Å²) in [4.78, 5) is 16.9. The Morgan fingerprint density at radius 2 is 2.40 bits per heavy atom. The van der Waals surface area contributed by atoms with Crippen molar-refractivity contribution in [1.82, 2.24) is 9.88 Å². The first-order chi connectivity index (χ1) is 7.15. The minimum atomic E-state index is -0.621. The number of aromatic nitrogens is 1. The van der Waals surface area contributed by atoms with Crippen LogP contribution in [0.25, 0.3) is 0 Å². The number of amides is 1. The fraction of sp³-hybridized carbons (Fsp3) is 0.364. The number of pyridine rings is 1. The molecule has 15 heavy (non-hydrogen) atoms. The molecule has 4 nitrogen and oxygen atoms in total. The zero-order chi connectivity index (χ0) is 11.3. The van der Waals surface area contributed by atoms with E-state index in [9.17, 15) is 4.79 Å². The van der Waals surface area contributed by atoms with Gasteiger partial charge in [0.1, 0.15) is 5.92 Å². The summed E-state index contributed by atoms with van der Waals surface area (Å²) < 4.78 is 0. The molecule has 78 valence electrons. The van der Waals surface area contributed by atoms with Crippen molar-refractivity contribution in [3.8, 4) is 6.07 Å². The molecule has 0 aliphatic carbocycles. The molecule has 1 atom stereocenters. The Bertz CT molecular complexity index is 367. The van der Waals surface area contributed by atoms with E-state index >= 15 is 0 Å². The van der Waals surface area contributed by atoms with Crippen LogP contribution in [0.4, 0.5) is 0 Å². The quantitative estimate of drug-likeness (QED) is 0.731. The van der Waals surface area contributed by atoms with Crippen molar-refractivity contribution in [2.24, 2.45) is 5.92 Å². The van der Waals surface area contributed by atoms with Crippen LogP contribution in [0.1, 0.15) is 5.56 Å². The molecule has 0 fully saturated rings. The summed E-state index contributed by atoms with van der Waals surface area (Å²) in [5.41, 5.74) is 0.902. The standard InChI is InChI=1S/C11H13N3O/c1-14(2)11(15)10(7-12)6-9-4-3-5-13-8-9/h3-5,8,10H,6H2,1-2H3. The molecule has 0 bridgehead atoms.